The largest absolute Gasteiger partial charge is 0.361 e. The predicted octanol–water partition coefficient (Wildman–Crippen LogP) is 2.07. The molecule has 3 fully saturated rings. The Labute approximate surface area is 144 Å². The van der Waals surface area contributed by atoms with Crippen LogP contribution in [0.15, 0.2) is 4.52 Å². The highest BCUT2D eigenvalue weighted by atomic mass is 32.2. The van der Waals surface area contributed by atoms with Crippen molar-refractivity contribution in [3.63, 3.8) is 0 Å². The molecule has 0 radical (unpaired) electrons. The summed E-state index contributed by atoms with van der Waals surface area (Å²) < 4.78 is 32.1. The first-order valence-electron chi connectivity index (χ1n) is 9.03. The molecule has 2 saturated heterocycles. The van der Waals surface area contributed by atoms with Gasteiger partial charge in [0.1, 0.15) is 5.76 Å². The van der Waals surface area contributed by atoms with Gasteiger partial charge >= 0.3 is 0 Å². The topological polar surface area (TPSA) is 66.7 Å². The highest BCUT2D eigenvalue weighted by Gasteiger charge is 2.48. The smallest absolute Gasteiger partial charge is 0.217 e. The molecule has 24 heavy (non-hydrogen) atoms. The van der Waals surface area contributed by atoms with E-state index in [1.54, 1.807) is 4.31 Å². The fourth-order valence-electron chi connectivity index (χ4n) is 4.42. The molecule has 7 heteroatoms. The summed E-state index contributed by atoms with van der Waals surface area (Å²) in [6.45, 7) is 8.29. The minimum atomic E-state index is -3.03. The Morgan fingerprint density at radius 2 is 2.00 bits per heavy atom. The van der Waals surface area contributed by atoms with Crippen LogP contribution in [0, 0.1) is 19.3 Å². The molecular formula is C17H27N3O3S. The summed E-state index contributed by atoms with van der Waals surface area (Å²) in [4.78, 5) is 2.46. The zero-order valence-corrected chi connectivity index (χ0v) is 15.4. The monoisotopic (exact) mass is 353 g/mol. The van der Waals surface area contributed by atoms with E-state index >= 15 is 0 Å². The average Bonchev–Trinajstić information content (AvgIpc) is 3.27. The van der Waals surface area contributed by atoms with Crippen molar-refractivity contribution in [2.45, 2.75) is 57.7 Å². The second-order valence-corrected chi connectivity index (χ2v) is 10.2. The summed E-state index contributed by atoms with van der Waals surface area (Å²) in [5.41, 5.74) is 2.29. The fraction of sp³-hybridized carbons (Fsp3) is 0.824. The lowest BCUT2D eigenvalue weighted by molar-refractivity contribution is 0.0930. The van der Waals surface area contributed by atoms with Gasteiger partial charge in [0.15, 0.2) is 0 Å². The summed E-state index contributed by atoms with van der Waals surface area (Å²) in [6.07, 6.45) is 4.98. The number of piperidine rings is 1. The maximum atomic E-state index is 12.5. The molecule has 1 atom stereocenters. The van der Waals surface area contributed by atoms with Crippen LogP contribution in [-0.2, 0) is 16.6 Å². The zero-order valence-electron chi connectivity index (χ0n) is 14.6. The summed E-state index contributed by atoms with van der Waals surface area (Å²) >= 11 is 0. The number of nitrogens with zero attached hydrogens (tertiary/aromatic N) is 3. The molecule has 3 heterocycles. The molecule has 0 N–H and O–H groups in total. The third-order valence-electron chi connectivity index (χ3n) is 6.01. The Bertz CT molecular complexity index is 706. The summed E-state index contributed by atoms with van der Waals surface area (Å²) in [5, 5.41) is 3.96. The van der Waals surface area contributed by atoms with E-state index < -0.39 is 10.0 Å². The molecule has 1 aromatic rings. The third-order valence-corrected chi connectivity index (χ3v) is 8.36. The number of sulfonamides is 1. The zero-order chi connectivity index (χ0) is 16.9. The van der Waals surface area contributed by atoms with Crippen LogP contribution in [0.1, 0.15) is 49.1 Å². The van der Waals surface area contributed by atoms with Gasteiger partial charge in [0.05, 0.1) is 10.9 Å². The minimum Gasteiger partial charge on any atom is -0.361 e. The van der Waals surface area contributed by atoms with Gasteiger partial charge in [-0.05, 0) is 57.9 Å². The second kappa shape index (κ2) is 5.81. The van der Waals surface area contributed by atoms with Crippen molar-refractivity contribution >= 4 is 10.0 Å². The van der Waals surface area contributed by atoms with Crippen molar-refractivity contribution in [1.82, 2.24) is 14.4 Å². The quantitative estimate of drug-likeness (QED) is 0.829. The lowest BCUT2D eigenvalue weighted by Crippen LogP contribution is -2.45. The van der Waals surface area contributed by atoms with E-state index in [9.17, 15) is 8.42 Å². The van der Waals surface area contributed by atoms with Crippen molar-refractivity contribution in [2.75, 3.05) is 26.2 Å². The van der Waals surface area contributed by atoms with E-state index in [0.29, 0.717) is 13.1 Å². The first-order chi connectivity index (χ1) is 11.4. The highest BCUT2D eigenvalue weighted by Crippen LogP contribution is 2.43. The third kappa shape index (κ3) is 2.91. The molecule has 4 rings (SSSR count). The standard InChI is InChI=1S/C17H27N3O3S/c1-13-16(14(2)23-18-13)10-19-8-3-6-17(11-19)7-9-20(12-17)24(21,22)15-4-5-15/h15H,3-12H2,1-2H3/t17-/m1/s1. The molecule has 1 aromatic heterocycles. The molecule has 1 aliphatic carbocycles. The Kier molecular flexibility index (Phi) is 4.01. The van der Waals surface area contributed by atoms with E-state index in [1.165, 1.54) is 5.56 Å². The summed E-state index contributed by atoms with van der Waals surface area (Å²) in [7, 11) is -3.03. The molecule has 1 spiro atoms. The average molecular weight is 353 g/mol. The highest BCUT2D eigenvalue weighted by molar-refractivity contribution is 7.90. The second-order valence-electron chi connectivity index (χ2n) is 7.94. The van der Waals surface area contributed by atoms with Crippen molar-refractivity contribution in [3.05, 3.63) is 17.0 Å². The molecule has 6 nitrogen and oxygen atoms in total. The van der Waals surface area contributed by atoms with Crippen molar-refractivity contribution in [1.29, 1.82) is 0 Å². The van der Waals surface area contributed by atoms with Gasteiger partial charge in [-0.25, -0.2) is 12.7 Å². The van der Waals surface area contributed by atoms with Crippen LogP contribution in [-0.4, -0.2) is 54.2 Å². The van der Waals surface area contributed by atoms with E-state index in [4.69, 9.17) is 4.52 Å². The number of aryl methyl sites for hydroxylation is 2. The lowest BCUT2D eigenvalue weighted by atomic mass is 9.79. The Morgan fingerprint density at radius 1 is 1.21 bits per heavy atom. The van der Waals surface area contributed by atoms with Crippen LogP contribution < -0.4 is 0 Å². The fourth-order valence-corrected chi connectivity index (χ4v) is 6.37. The van der Waals surface area contributed by atoms with Crippen LogP contribution >= 0.6 is 0 Å². The van der Waals surface area contributed by atoms with Crippen LogP contribution in [0.5, 0.6) is 0 Å². The maximum absolute atomic E-state index is 12.5. The molecule has 0 aromatic carbocycles. The summed E-state index contributed by atoms with van der Waals surface area (Å²) in [5.74, 6) is 0.900. The normalized spacial score (nSPS) is 29.6. The predicted molar refractivity (Wildman–Crippen MR) is 91.1 cm³/mol. The Balaban J connectivity index is 1.45. The molecular weight excluding hydrogens is 326 g/mol. The van der Waals surface area contributed by atoms with E-state index in [-0.39, 0.29) is 10.7 Å². The number of rotatable bonds is 4. The number of aromatic nitrogens is 1. The van der Waals surface area contributed by atoms with Crippen molar-refractivity contribution < 1.29 is 12.9 Å². The first kappa shape index (κ1) is 16.5. The SMILES string of the molecule is Cc1noc(C)c1CN1CCC[C@@]2(CCN(S(=O)(=O)C3CC3)C2)C1. The van der Waals surface area contributed by atoms with Crippen LogP contribution in [0.2, 0.25) is 0 Å². The van der Waals surface area contributed by atoms with E-state index in [2.05, 4.69) is 10.1 Å². The van der Waals surface area contributed by atoms with Gasteiger partial charge in [0.2, 0.25) is 10.0 Å². The Hall–Kier alpha value is -0.920. The van der Waals surface area contributed by atoms with Crippen molar-refractivity contribution in [2.24, 2.45) is 5.41 Å². The van der Waals surface area contributed by atoms with Crippen LogP contribution in [0.4, 0.5) is 0 Å². The summed E-state index contributed by atoms with van der Waals surface area (Å²) in [6, 6.07) is 0. The lowest BCUT2D eigenvalue weighted by Gasteiger charge is -2.40. The first-order valence-corrected chi connectivity index (χ1v) is 10.5. The van der Waals surface area contributed by atoms with Gasteiger partial charge in [-0.15, -0.1) is 0 Å². The Morgan fingerprint density at radius 3 is 2.67 bits per heavy atom. The van der Waals surface area contributed by atoms with Gasteiger partial charge in [-0.1, -0.05) is 5.16 Å². The van der Waals surface area contributed by atoms with Gasteiger partial charge in [0, 0.05) is 31.7 Å². The molecule has 2 aliphatic heterocycles. The molecule has 3 aliphatic rings. The van der Waals surface area contributed by atoms with E-state index in [0.717, 1.165) is 63.2 Å². The number of hydrogen-bond acceptors (Lipinski definition) is 5. The van der Waals surface area contributed by atoms with Crippen LogP contribution in [0.25, 0.3) is 0 Å². The van der Waals surface area contributed by atoms with Gasteiger partial charge in [-0.2, -0.15) is 0 Å². The minimum absolute atomic E-state index is 0.0883. The number of hydrogen-bond donors (Lipinski definition) is 0. The van der Waals surface area contributed by atoms with Gasteiger partial charge in [-0.3, -0.25) is 4.90 Å². The van der Waals surface area contributed by atoms with Gasteiger partial charge < -0.3 is 4.52 Å². The molecule has 1 saturated carbocycles. The molecule has 0 bridgehead atoms. The molecule has 134 valence electrons. The van der Waals surface area contributed by atoms with Crippen molar-refractivity contribution in [3.8, 4) is 0 Å². The van der Waals surface area contributed by atoms with Gasteiger partial charge in [0.25, 0.3) is 0 Å². The number of likely N-dealkylation sites (tertiary alicyclic amines) is 1. The molecule has 0 unspecified atom stereocenters. The molecule has 0 amide bonds. The van der Waals surface area contributed by atoms with E-state index in [1.807, 2.05) is 13.8 Å². The van der Waals surface area contributed by atoms with Crippen LogP contribution in [0.3, 0.4) is 0 Å². The maximum Gasteiger partial charge on any atom is 0.217 e.